The van der Waals surface area contributed by atoms with Gasteiger partial charge in [0.2, 0.25) is 0 Å². The van der Waals surface area contributed by atoms with Crippen LogP contribution in [0.3, 0.4) is 0 Å². The number of hydrogen-bond donors (Lipinski definition) is 0. The minimum absolute atomic E-state index is 0.154. The van der Waals surface area contributed by atoms with Crippen LogP contribution in [0.2, 0.25) is 10.0 Å². The van der Waals surface area contributed by atoms with E-state index in [1.54, 1.807) is 41.2 Å². The van der Waals surface area contributed by atoms with Crippen LogP contribution in [-0.4, -0.2) is 19.7 Å². The summed E-state index contributed by atoms with van der Waals surface area (Å²) in [4.78, 5) is 29.7. The largest absolute Gasteiger partial charge is 0.292 e. The van der Waals surface area contributed by atoms with Gasteiger partial charge in [0.1, 0.15) is 12.0 Å². The lowest BCUT2D eigenvalue weighted by Crippen LogP contribution is -2.26. The van der Waals surface area contributed by atoms with Gasteiger partial charge in [-0.05, 0) is 30.3 Å². The first-order chi connectivity index (χ1) is 12.1. The van der Waals surface area contributed by atoms with Crippen LogP contribution in [-0.2, 0) is 6.54 Å². The summed E-state index contributed by atoms with van der Waals surface area (Å²) < 4.78 is 3.18. The van der Waals surface area contributed by atoms with Crippen molar-refractivity contribution >= 4 is 45.5 Å². The Hall–Kier alpha value is -2.63. The van der Waals surface area contributed by atoms with Gasteiger partial charge in [0.25, 0.3) is 5.56 Å². The van der Waals surface area contributed by atoms with Crippen LogP contribution >= 0.6 is 23.2 Å². The molecule has 124 valence electrons. The van der Waals surface area contributed by atoms with Gasteiger partial charge in [-0.1, -0.05) is 35.3 Å². The lowest BCUT2D eigenvalue weighted by Gasteiger charge is -2.11. The molecule has 0 atom stereocenters. The van der Waals surface area contributed by atoms with Crippen molar-refractivity contribution in [1.82, 2.24) is 14.0 Å². The number of carbonyl (C=O) groups excluding carboxylic acids is 1. The number of ketones is 1. The standard InChI is InChI=1S/C18H11Cl2N3O2/c19-11-5-6-14(20)13(7-11)16(24)9-22-17-8-21-10-23(17)15-4-2-1-3-12(15)18(22)25/h1-8,10H,9H2. The number of carbonyl (C=O) groups is 1. The normalized spacial score (nSPS) is 11.3. The lowest BCUT2D eigenvalue weighted by molar-refractivity contribution is 0.0972. The monoisotopic (exact) mass is 371 g/mol. The summed E-state index contributed by atoms with van der Waals surface area (Å²) in [7, 11) is 0. The molecule has 4 rings (SSSR count). The van der Waals surface area contributed by atoms with E-state index in [0.717, 1.165) is 5.52 Å². The van der Waals surface area contributed by atoms with Crippen molar-refractivity contribution in [3.05, 3.63) is 81.0 Å². The number of benzene rings is 2. The quantitative estimate of drug-likeness (QED) is 0.514. The fourth-order valence-corrected chi connectivity index (χ4v) is 3.28. The highest BCUT2D eigenvalue weighted by Crippen LogP contribution is 2.22. The number of para-hydroxylation sites is 1. The van der Waals surface area contributed by atoms with Crippen LogP contribution < -0.4 is 5.56 Å². The van der Waals surface area contributed by atoms with Gasteiger partial charge in [-0.25, -0.2) is 4.98 Å². The van der Waals surface area contributed by atoms with Gasteiger partial charge in [-0.3, -0.25) is 18.6 Å². The van der Waals surface area contributed by atoms with E-state index in [-0.39, 0.29) is 23.5 Å². The van der Waals surface area contributed by atoms with Gasteiger partial charge < -0.3 is 0 Å². The molecule has 0 amide bonds. The van der Waals surface area contributed by atoms with E-state index in [1.165, 1.54) is 10.6 Å². The molecule has 0 spiro atoms. The Morgan fingerprint density at radius 2 is 1.92 bits per heavy atom. The van der Waals surface area contributed by atoms with Crippen LogP contribution in [0.5, 0.6) is 0 Å². The first kappa shape index (κ1) is 15.9. The molecule has 2 aromatic carbocycles. The number of rotatable bonds is 3. The van der Waals surface area contributed by atoms with Crippen molar-refractivity contribution in [2.45, 2.75) is 6.54 Å². The maximum absolute atomic E-state index is 12.9. The van der Waals surface area contributed by atoms with Gasteiger partial charge in [0, 0.05) is 10.6 Å². The molecule has 2 heterocycles. The van der Waals surface area contributed by atoms with E-state index in [9.17, 15) is 9.59 Å². The maximum atomic E-state index is 12.9. The molecular weight excluding hydrogens is 361 g/mol. The molecule has 2 aromatic heterocycles. The minimum Gasteiger partial charge on any atom is -0.292 e. The number of imidazole rings is 1. The molecule has 0 saturated carbocycles. The van der Waals surface area contributed by atoms with Crippen LogP contribution in [0.1, 0.15) is 10.4 Å². The predicted molar refractivity (Wildman–Crippen MR) is 97.8 cm³/mol. The van der Waals surface area contributed by atoms with Crippen molar-refractivity contribution in [2.24, 2.45) is 0 Å². The van der Waals surface area contributed by atoms with Gasteiger partial charge in [-0.2, -0.15) is 0 Å². The third-order valence-corrected chi connectivity index (χ3v) is 4.63. The second kappa shape index (κ2) is 6.02. The lowest BCUT2D eigenvalue weighted by atomic mass is 10.1. The summed E-state index contributed by atoms with van der Waals surface area (Å²) >= 11 is 12.1. The molecule has 0 aliphatic carbocycles. The van der Waals surface area contributed by atoms with Crippen molar-refractivity contribution in [2.75, 3.05) is 0 Å². The Morgan fingerprint density at radius 3 is 2.76 bits per heavy atom. The Labute approximate surface area is 152 Å². The van der Waals surface area contributed by atoms with Crippen LogP contribution in [0, 0.1) is 0 Å². The van der Waals surface area contributed by atoms with E-state index < -0.39 is 0 Å². The summed E-state index contributed by atoms with van der Waals surface area (Å²) in [5.41, 5.74) is 1.31. The predicted octanol–water partition coefficient (Wildman–Crippen LogP) is 3.84. The van der Waals surface area contributed by atoms with E-state index in [2.05, 4.69) is 4.98 Å². The fraction of sp³-hybridized carbons (Fsp3) is 0.0556. The third-order valence-electron chi connectivity index (χ3n) is 4.07. The summed E-state index contributed by atoms with van der Waals surface area (Å²) in [6.07, 6.45) is 3.17. The Morgan fingerprint density at radius 1 is 1.12 bits per heavy atom. The highest BCUT2D eigenvalue weighted by Gasteiger charge is 2.16. The second-order valence-corrected chi connectivity index (χ2v) is 6.42. The van der Waals surface area contributed by atoms with Crippen LogP contribution in [0.4, 0.5) is 0 Å². The Balaban J connectivity index is 1.90. The van der Waals surface area contributed by atoms with Crippen molar-refractivity contribution in [3.63, 3.8) is 0 Å². The molecule has 0 unspecified atom stereocenters. The molecule has 0 bridgehead atoms. The molecular formula is C18H11Cl2N3O2. The summed E-state index contributed by atoms with van der Waals surface area (Å²) in [5, 5.41) is 1.22. The molecule has 7 heteroatoms. The van der Waals surface area contributed by atoms with Gasteiger partial charge in [-0.15, -0.1) is 0 Å². The first-order valence-corrected chi connectivity index (χ1v) is 8.24. The number of halogens is 2. The first-order valence-electron chi connectivity index (χ1n) is 7.48. The zero-order chi connectivity index (χ0) is 17.6. The molecule has 5 nitrogen and oxygen atoms in total. The molecule has 0 aliphatic heterocycles. The molecule has 25 heavy (non-hydrogen) atoms. The minimum atomic E-state index is -0.298. The maximum Gasteiger partial charge on any atom is 0.262 e. The average molecular weight is 372 g/mol. The van der Waals surface area contributed by atoms with Gasteiger partial charge in [0.05, 0.1) is 28.7 Å². The highest BCUT2D eigenvalue weighted by molar-refractivity contribution is 6.35. The molecule has 0 N–H and O–H groups in total. The zero-order valence-electron chi connectivity index (χ0n) is 12.8. The van der Waals surface area contributed by atoms with Crippen molar-refractivity contribution in [3.8, 4) is 0 Å². The zero-order valence-corrected chi connectivity index (χ0v) is 14.3. The van der Waals surface area contributed by atoms with E-state index >= 15 is 0 Å². The molecule has 0 fully saturated rings. The number of nitrogens with zero attached hydrogens (tertiary/aromatic N) is 3. The van der Waals surface area contributed by atoms with E-state index in [0.29, 0.717) is 21.1 Å². The third kappa shape index (κ3) is 2.62. The van der Waals surface area contributed by atoms with E-state index in [4.69, 9.17) is 23.2 Å². The fourth-order valence-electron chi connectivity index (χ4n) is 2.88. The van der Waals surface area contributed by atoms with Gasteiger partial charge >= 0.3 is 0 Å². The van der Waals surface area contributed by atoms with Crippen molar-refractivity contribution < 1.29 is 4.79 Å². The smallest absolute Gasteiger partial charge is 0.262 e. The second-order valence-electron chi connectivity index (χ2n) is 5.58. The number of hydrogen-bond acceptors (Lipinski definition) is 3. The number of Topliss-reactive ketones (excluding diaryl/α,β-unsaturated/α-hetero) is 1. The number of aromatic nitrogens is 3. The molecule has 0 saturated heterocycles. The van der Waals surface area contributed by atoms with E-state index in [1.807, 2.05) is 12.1 Å². The molecule has 4 aromatic rings. The average Bonchev–Trinajstić information content (AvgIpc) is 3.10. The summed E-state index contributed by atoms with van der Waals surface area (Å²) in [6, 6.07) is 11.9. The Kier molecular flexibility index (Phi) is 3.82. The van der Waals surface area contributed by atoms with Crippen LogP contribution in [0.15, 0.2) is 59.8 Å². The van der Waals surface area contributed by atoms with Crippen LogP contribution in [0.25, 0.3) is 16.6 Å². The van der Waals surface area contributed by atoms with Crippen molar-refractivity contribution in [1.29, 1.82) is 0 Å². The summed E-state index contributed by atoms with van der Waals surface area (Å²) in [5.74, 6) is -0.298. The van der Waals surface area contributed by atoms with Gasteiger partial charge in [0.15, 0.2) is 5.78 Å². The highest BCUT2D eigenvalue weighted by atomic mass is 35.5. The topological polar surface area (TPSA) is 56.4 Å². The SMILES string of the molecule is O=C(Cn1c(=O)c2ccccc2n2cncc12)c1cc(Cl)ccc1Cl. The Bertz CT molecular complexity index is 1190. The number of fused-ring (bicyclic) bond motifs is 3. The molecule has 0 aliphatic rings. The molecule has 0 radical (unpaired) electrons. The summed E-state index contributed by atoms with van der Waals surface area (Å²) in [6.45, 7) is -0.154.